The van der Waals surface area contributed by atoms with Gasteiger partial charge in [0.1, 0.15) is 5.82 Å². The number of carbonyl (C=O) groups is 1. The van der Waals surface area contributed by atoms with Gasteiger partial charge in [-0.3, -0.25) is 14.9 Å². The van der Waals surface area contributed by atoms with Crippen LogP contribution in [0.3, 0.4) is 0 Å². The first kappa shape index (κ1) is 15.0. The Kier molecular flexibility index (Phi) is 3.98. The molecule has 6 nitrogen and oxygen atoms in total. The summed E-state index contributed by atoms with van der Waals surface area (Å²) in [5, 5.41) is 13.6. The lowest BCUT2D eigenvalue weighted by Crippen LogP contribution is -2.14. The molecule has 1 amide bonds. The van der Waals surface area contributed by atoms with Gasteiger partial charge in [0, 0.05) is 12.1 Å². The maximum Gasteiger partial charge on any atom is 0.269 e. The van der Waals surface area contributed by atoms with E-state index in [9.17, 15) is 19.3 Å². The summed E-state index contributed by atoms with van der Waals surface area (Å²) in [4.78, 5) is 26.3. The van der Waals surface area contributed by atoms with Crippen molar-refractivity contribution in [1.29, 1.82) is 0 Å². The summed E-state index contributed by atoms with van der Waals surface area (Å²) in [7, 11) is 0. The molecule has 1 heterocycles. The molecule has 23 heavy (non-hydrogen) atoms. The number of benzene rings is 2. The molecule has 0 saturated heterocycles. The summed E-state index contributed by atoms with van der Waals surface area (Å²) in [6.07, 6.45) is 0.0717. The molecule has 0 saturated carbocycles. The van der Waals surface area contributed by atoms with Gasteiger partial charge >= 0.3 is 0 Å². The molecule has 2 aromatic carbocycles. The van der Waals surface area contributed by atoms with E-state index in [1.807, 2.05) is 0 Å². The second kappa shape index (κ2) is 6.09. The number of halogens is 1. The Balaban J connectivity index is 1.69. The number of nitrogens with zero attached hydrogens (tertiary/aromatic N) is 2. The number of anilines is 1. The summed E-state index contributed by atoms with van der Waals surface area (Å²) in [6.45, 7) is 0. The smallest absolute Gasteiger partial charge is 0.269 e. The Hall–Kier alpha value is -2.87. The molecule has 0 unspecified atom stereocenters. The molecule has 0 bridgehead atoms. The number of aromatic nitrogens is 1. The fourth-order valence-corrected chi connectivity index (χ4v) is 2.94. The monoisotopic (exact) mass is 331 g/mol. The van der Waals surface area contributed by atoms with E-state index in [2.05, 4.69) is 10.3 Å². The van der Waals surface area contributed by atoms with Crippen LogP contribution in [0.2, 0.25) is 0 Å². The number of hydrogen-bond acceptors (Lipinski definition) is 5. The van der Waals surface area contributed by atoms with Crippen LogP contribution in [-0.2, 0) is 11.2 Å². The van der Waals surface area contributed by atoms with E-state index in [-0.39, 0.29) is 23.8 Å². The van der Waals surface area contributed by atoms with Crippen LogP contribution in [0, 0.1) is 15.9 Å². The second-order valence-corrected chi connectivity index (χ2v) is 5.81. The van der Waals surface area contributed by atoms with E-state index in [1.165, 1.54) is 47.7 Å². The molecule has 0 aliphatic rings. The van der Waals surface area contributed by atoms with Crippen LogP contribution in [0.5, 0.6) is 0 Å². The van der Waals surface area contributed by atoms with E-state index >= 15 is 0 Å². The zero-order valence-corrected chi connectivity index (χ0v) is 12.5. The van der Waals surface area contributed by atoms with Crippen LogP contribution in [0.1, 0.15) is 5.56 Å². The molecule has 0 atom stereocenters. The molecular formula is C15H10FN3O3S. The van der Waals surface area contributed by atoms with Gasteiger partial charge in [-0.25, -0.2) is 9.37 Å². The second-order valence-electron chi connectivity index (χ2n) is 4.78. The molecule has 0 spiro atoms. The largest absolute Gasteiger partial charge is 0.302 e. The minimum atomic E-state index is -0.496. The van der Waals surface area contributed by atoms with Gasteiger partial charge in [0.25, 0.3) is 5.69 Å². The number of hydrogen-bond donors (Lipinski definition) is 1. The zero-order chi connectivity index (χ0) is 16.4. The standard InChI is InChI=1S/C15H10FN3O3S/c16-10-3-6-12-13(8-10)23-15(17-12)18-14(20)7-9-1-4-11(5-2-9)19(21)22/h1-6,8H,7H2,(H,17,18,20). The van der Waals surface area contributed by atoms with Crippen LogP contribution >= 0.6 is 11.3 Å². The van der Waals surface area contributed by atoms with Crippen molar-refractivity contribution in [3.05, 3.63) is 64.0 Å². The molecule has 116 valence electrons. The average molecular weight is 331 g/mol. The van der Waals surface area contributed by atoms with E-state index in [0.29, 0.717) is 20.9 Å². The van der Waals surface area contributed by atoms with E-state index in [1.54, 1.807) is 6.07 Å². The van der Waals surface area contributed by atoms with Gasteiger partial charge in [0.05, 0.1) is 21.6 Å². The van der Waals surface area contributed by atoms with E-state index in [0.717, 1.165) is 0 Å². The van der Waals surface area contributed by atoms with Crippen molar-refractivity contribution in [2.75, 3.05) is 5.32 Å². The molecule has 1 N–H and O–H groups in total. The Morgan fingerprint density at radius 3 is 2.70 bits per heavy atom. The lowest BCUT2D eigenvalue weighted by Gasteiger charge is -2.01. The van der Waals surface area contributed by atoms with Crippen molar-refractivity contribution >= 4 is 38.3 Å². The van der Waals surface area contributed by atoms with Gasteiger partial charge in [-0.2, -0.15) is 0 Å². The fraction of sp³-hybridized carbons (Fsp3) is 0.0667. The van der Waals surface area contributed by atoms with Crippen LogP contribution < -0.4 is 5.32 Å². The zero-order valence-electron chi connectivity index (χ0n) is 11.7. The van der Waals surface area contributed by atoms with E-state index in [4.69, 9.17) is 0 Å². The summed E-state index contributed by atoms with van der Waals surface area (Å²) >= 11 is 1.18. The third-order valence-electron chi connectivity index (χ3n) is 3.11. The Labute approximate surface area is 133 Å². The molecule has 0 aliphatic heterocycles. The van der Waals surface area contributed by atoms with Crippen molar-refractivity contribution in [2.24, 2.45) is 0 Å². The summed E-state index contributed by atoms with van der Waals surface area (Å²) in [6, 6.07) is 9.99. The number of fused-ring (bicyclic) bond motifs is 1. The highest BCUT2D eigenvalue weighted by Crippen LogP contribution is 2.26. The molecule has 0 radical (unpaired) electrons. The van der Waals surface area contributed by atoms with Crippen LogP contribution in [0.25, 0.3) is 10.2 Å². The predicted molar refractivity (Wildman–Crippen MR) is 85.0 cm³/mol. The van der Waals surface area contributed by atoms with Gasteiger partial charge in [-0.05, 0) is 23.8 Å². The van der Waals surface area contributed by atoms with Crippen LogP contribution in [0.4, 0.5) is 15.2 Å². The average Bonchev–Trinajstić information content (AvgIpc) is 2.88. The number of nitro benzene ring substituents is 1. The van der Waals surface area contributed by atoms with Crippen LogP contribution in [-0.4, -0.2) is 15.8 Å². The number of carbonyl (C=O) groups excluding carboxylic acids is 1. The van der Waals surface area contributed by atoms with Gasteiger partial charge in [-0.15, -0.1) is 0 Å². The SMILES string of the molecule is O=C(Cc1ccc([N+](=O)[O-])cc1)Nc1nc2ccc(F)cc2s1. The number of rotatable bonds is 4. The van der Waals surface area contributed by atoms with Crippen molar-refractivity contribution < 1.29 is 14.1 Å². The van der Waals surface area contributed by atoms with Gasteiger partial charge in [0.2, 0.25) is 5.91 Å². The minimum Gasteiger partial charge on any atom is -0.302 e. The Morgan fingerprint density at radius 1 is 1.26 bits per heavy atom. The van der Waals surface area contributed by atoms with Gasteiger partial charge < -0.3 is 5.32 Å². The van der Waals surface area contributed by atoms with Crippen molar-refractivity contribution in [3.63, 3.8) is 0 Å². The maximum atomic E-state index is 13.1. The third-order valence-corrected chi connectivity index (χ3v) is 4.04. The number of nitro groups is 1. The normalized spacial score (nSPS) is 10.7. The third kappa shape index (κ3) is 3.49. The van der Waals surface area contributed by atoms with Crippen molar-refractivity contribution in [2.45, 2.75) is 6.42 Å². The summed E-state index contributed by atoms with van der Waals surface area (Å²) in [5.41, 5.74) is 1.24. The highest BCUT2D eigenvalue weighted by Gasteiger charge is 2.10. The number of amides is 1. The molecule has 1 aromatic heterocycles. The first-order valence-electron chi connectivity index (χ1n) is 6.60. The molecule has 3 aromatic rings. The lowest BCUT2D eigenvalue weighted by atomic mass is 10.1. The minimum absolute atomic E-state index is 0.0256. The topological polar surface area (TPSA) is 85.1 Å². The van der Waals surface area contributed by atoms with Gasteiger partial charge in [-0.1, -0.05) is 23.5 Å². The fourth-order valence-electron chi connectivity index (χ4n) is 2.04. The quantitative estimate of drug-likeness (QED) is 0.585. The first-order valence-corrected chi connectivity index (χ1v) is 7.42. The molecule has 0 fully saturated rings. The molecule has 0 aliphatic carbocycles. The Bertz CT molecular complexity index is 893. The molecular weight excluding hydrogens is 321 g/mol. The number of nitrogens with one attached hydrogen (secondary N) is 1. The maximum absolute atomic E-state index is 13.1. The van der Waals surface area contributed by atoms with Crippen LogP contribution in [0.15, 0.2) is 42.5 Å². The molecule has 3 rings (SSSR count). The van der Waals surface area contributed by atoms with Crippen molar-refractivity contribution in [3.8, 4) is 0 Å². The highest BCUT2D eigenvalue weighted by atomic mass is 32.1. The van der Waals surface area contributed by atoms with Crippen molar-refractivity contribution in [1.82, 2.24) is 4.98 Å². The lowest BCUT2D eigenvalue weighted by molar-refractivity contribution is -0.384. The van der Waals surface area contributed by atoms with Gasteiger partial charge in [0.15, 0.2) is 5.13 Å². The number of non-ortho nitro benzene ring substituents is 1. The highest BCUT2D eigenvalue weighted by molar-refractivity contribution is 7.22. The van der Waals surface area contributed by atoms with E-state index < -0.39 is 4.92 Å². The summed E-state index contributed by atoms with van der Waals surface area (Å²) < 4.78 is 13.8. The Morgan fingerprint density at radius 2 is 2.00 bits per heavy atom. The molecule has 8 heteroatoms. The first-order chi connectivity index (χ1) is 11.0. The number of thiazole rings is 1. The predicted octanol–water partition coefficient (Wildman–Crippen LogP) is 3.52. The summed E-state index contributed by atoms with van der Waals surface area (Å²) in [5.74, 6) is -0.650.